The van der Waals surface area contributed by atoms with Gasteiger partial charge >= 0.3 is 6.03 Å². The van der Waals surface area contributed by atoms with Crippen LogP contribution in [-0.2, 0) is 19.5 Å². The summed E-state index contributed by atoms with van der Waals surface area (Å²) in [6.45, 7) is 8.56. The van der Waals surface area contributed by atoms with E-state index in [4.69, 9.17) is 0 Å². The minimum atomic E-state index is -0.271. The summed E-state index contributed by atoms with van der Waals surface area (Å²) in [6, 6.07) is 10.2. The molecule has 128 valence electrons. The average molecular weight is 327 g/mol. The molecule has 0 saturated carbocycles. The van der Waals surface area contributed by atoms with Gasteiger partial charge in [-0.1, -0.05) is 30.3 Å². The maximum atomic E-state index is 12.0. The molecule has 1 aromatic heterocycles. The van der Waals surface area contributed by atoms with Crippen molar-refractivity contribution in [3.05, 3.63) is 47.2 Å². The van der Waals surface area contributed by atoms with Crippen LogP contribution in [0, 0.1) is 0 Å². The fraction of sp³-hybridized carbons (Fsp3) is 0.444. The van der Waals surface area contributed by atoms with Crippen molar-refractivity contribution >= 4 is 11.8 Å². The highest BCUT2D eigenvalue weighted by molar-refractivity contribution is 5.89. The number of benzene rings is 1. The number of aromatic amines is 1. The van der Waals surface area contributed by atoms with Crippen LogP contribution in [0.25, 0.3) is 0 Å². The molecule has 2 heterocycles. The van der Waals surface area contributed by atoms with E-state index in [-0.39, 0.29) is 11.6 Å². The summed E-state index contributed by atoms with van der Waals surface area (Å²) >= 11 is 0. The van der Waals surface area contributed by atoms with Gasteiger partial charge in [-0.2, -0.15) is 5.10 Å². The molecule has 0 fully saturated rings. The summed E-state index contributed by atoms with van der Waals surface area (Å²) in [5.41, 5.74) is 3.24. The van der Waals surface area contributed by atoms with Crippen LogP contribution >= 0.6 is 0 Å². The highest BCUT2D eigenvalue weighted by atomic mass is 16.2. The zero-order valence-corrected chi connectivity index (χ0v) is 14.5. The van der Waals surface area contributed by atoms with Crippen LogP contribution in [0.15, 0.2) is 30.3 Å². The first kappa shape index (κ1) is 16.5. The molecule has 24 heavy (non-hydrogen) atoms. The van der Waals surface area contributed by atoms with Crippen molar-refractivity contribution in [2.75, 3.05) is 11.9 Å². The number of rotatable bonds is 3. The lowest BCUT2D eigenvalue weighted by Crippen LogP contribution is -2.43. The Kier molecular flexibility index (Phi) is 4.57. The van der Waals surface area contributed by atoms with Gasteiger partial charge in [0.05, 0.1) is 5.69 Å². The van der Waals surface area contributed by atoms with Crippen molar-refractivity contribution in [3.8, 4) is 0 Å². The molecule has 0 radical (unpaired) electrons. The molecule has 1 aromatic carbocycles. The van der Waals surface area contributed by atoms with Crippen LogP contribution < -0.4 is 10.6 Å². The summed E-state index contributed by atoms with van der Waals surface area (Å²) in [7, 11) is 0. The Bertz CT molecular complexity index is 702. The van der Waals surface area contributed by atoms with E-state index in [0.717, 1.165) is 37.3 Å². The third kappa shape index (κ3) is 4.14. The van der Waals surface area contributed by atoms with E-state index in [1.165, 1.54) is 5.56 Å². The van der Waals surface area contributed by atoms with E-state index in [1.807, 2.05) is 26.8 Å². The molecule has 3 rings (SSSR count). The van der Waals surface area contributed by atoms with Crippen LogP contribution in [0.1, 0.15) is 37.6 Å². The molecule has 0 saturated heterocycles. The van der Waals surface area contributed by atoms with Gasteiger partial charge in [0.15, 0.2) is 5.82 Å². The van der Waals surface area contributed by atoms with Crippen LogP contribution in [0.2, 0.25) is 0 Å². The number of anilines is 1. The van der Waals surface area contributed by atoms with Crippen LogP contribution in [0.3, 0.4) is 0 Å². The van der Waals surface area contributed by atoms with Crippen molar-refractivity contribution in [2.24, 2.45) is 0 Å². The van der Waals surface area contributed by atoms with Gasteiger partial charge in [-0.3, -0.25) is 15.3 Å². The Labute approximate surface area is 142 Å². The first-order valence-corrected chi connectivity index (χ1v) is 8.32. The number of carbonyl (C=O) groups is 1. The first-order chi connectivity index (χ1) is 11.4. The lowest BCUT2D eigenvalue weighted by atomic mass is 10.1. The highest BCUT2D eigenvalue weighted by Crippen LogP contribution is 2.24. The van der Waals surface area contributed by atoms with E-state index in [0.29, 0.717) is 5.82 Å². The van der Waals surface area contributed by atoms with Crippen molar-refractivity contribution in [2.45, 2.75) is 45.8 Å². The zero-order chi connectivity index (χ0) is 17.2. The minimum absolute atomic E-state index is 0.219. The molecule has 0 atom stereocenters. The Morgan fingerprint density at radius 1 is 1.29 bits per heavy atom. The number of hydrogen-bond donors (Lipinski definition) is 3. The average Bonchev–Trinajstić information content (AvgIpc) is 2.88. The van der Waals surface area contributed by atoms with Crippen molar-refractivity contribution < 1.29 is 4.79 Å². The fourth-order valence-electron chi connectivity index (χ4n) is 2.93. The van der Waals surface area contributed by atoms with Gasteiger partial charge in [0.2, 0.25) is 0 Å². The van der Waals surface area contributed by atoms with E-state index in [2.05, 4.69) is 50.0 Å². The van der Waals surface area contributed by atoms with Gasteiger partial charge < -0.3 is 5.32 Å². The predicted molar refractivity (Wildman–Crippen MR) is 94.8 cm³/mol. The molecular formula is C18H25N5O. The van der Waals surface area contributed by atoms with Crippen molar-refractivity contribution in [1.82, 2.24) is 20.4 Å². The molecule has 6 heteroatoms. The number of aromatic nitrogens is 2. The third-order valence-corrected chi connectivity index (χ3v) is 3.98. The smallest absolute Gasteiger partial charge is 0.320 e. The standard InChI is InChI=1S/C18H25N5O/c1-18(2,3)20-17(24)19-16-14-9-10-23(12-15(14)21-22-16)11-13-7-5-4-6-8-13/h4-8H,9-12H2,1-3H3,(H3,19,20,21,22,24). The first-order valence-electron chi connectivity index (χ1n) is 8.32. The van der Waals surface area contributed by atoms with Crippen molar-refractivity contribution in [3.63, 3.8) is 0 Å². The third-order valence-electron chi connectivity index (χ3n) is 3.98. The predicted octanol–water partition coefficient (Wildman–Crippen LogP) is 2.89. The van der Waals surface area contributed by atoms with E-state index in [1.54, 1.807) is 0 Å². The molecule has 6 nitrogen and oxygen atoms in total. The van der Waals surface area contributed by atoms with Gasteiger partial charge in [-0.05, 0) is 32.8 Å². The zero-order valence-electron chi connectivity index (χ0n) is 14.5. The van der Waals surface area contributed by atoms with Gasteiger partial charge in [0, 0.05) is 30.7 Å². The summed E-state index contributed by atoms with van der Waals surface area (Å²) < 4.78 is 0. The molecule has 0 spiro atoms. The second kappa shape index (κ2) is 6.65. The maximum Gasteiger partial charge on any atom is 0.320 e. The molecule has 1 aliphatic rings. The number of H-pyrrole nitrogens is 1. The summed E-state index contributed by atoms with van der Waals surface area (Å²) in [5, 5.41) is 13.1. The number of fused-ring (bicyclic) bond motifs is 1. The summed E-state index contributed by atoms with van der Waals surface area (Å²) in [6.07, 6.45) is 0.879. The summed E-state index contributed by atoms with van der Waals surface area (Å²) in [4.78, 5) is 14.4. The molecule has 0 bridgehead atoms. The Morgan fingerprint density at radius 3 is 2.75 bits per heavy atom. The Balaban J connectivity index is 1.63. The lowest BCUT2D eigenvalue weighted by molar-refractivity contribution is 0.242. The Hall–Kier alpha value is -2.34. The lowest BCUT2D eigenvalue weighted by Gasteiger charge is -2.27. The fourth-order valence-corrected chi connectivity index (χ4v) is 2.93. The molecular weight excluding hydrogens is 302 g/mol. The number of hydrogen-bond acceptors (Lipinski definition) is 3. The number of nitrogens with one attached hydrogen (secondary N) is 3. The second-order valence-corrected chi connectivity index (χ2v) is 7.30. The molecule has 3 N–H and O–H groups in total. The monoisotopic (exact) mass is 327 g/mol. The quantitative estimate of drug-likeness (QED) is 0.811. The van der Waals surface area contributed by atoms with E-state index >= 15 is 0 Å². The molecule has 0 unspecified atom stereocenters. The van der Waals surface area contributed by atoms with Gasteiger partial charge in [0.25, 0.3) is 0 Å². The normalized spacial score (nSPS) is 15.0. The number of amides is 2. The topological polar surface area (TPSA) is 73.0 Å². The molecule has 0 aliphatic carbocycles. The second-order valence-electron chi connectivity index (χ2n) is 7.30. The van der Waals surface area contributed by atoms with Gasteiger partial charge in [-0.25, -0.2) is 4.79 Å². The van der Waals surface area contributed by atoms with Crippen LogP contribution in [-0.4, -0.2) is 33.2 Å². The Morgan fingerprint density at radius 2 is 2.04 bits per heavy atom. The SMILES string of the molecule is CC(C)(C)NC(=O)Nc1n[nH]c2c1CCN(Cc1ccccc1)C2. The van der Waals surface area contributed by atoms with Gasteiger partial charge in [-0.15, -0.1) is 0 Å². The highest BCUT2D eigenvalue weighted by Gasteiger charge is 2.23. The van der Waals surface area contributed by atoms with Crippen molar-refractivity contribution in [1.29, 1.82) is 0 Å². The van der Waals surface area contributed by atoms with E-state index in [9.17, 15) is 4.79 Å². The number of carbonyl (C=O) groups excluding carboxylic acids is 1. The molecule has 2 amide bonds. The molecule has 1 aliphatic heterocycles. The van der Waals surface area contributed by atoms with Crippen LogP contribution in [0.5, 0.6) is 0 Å². The maximum absolute atomic E-state index is 12.0. The summed E-state index contributed by atoms with van der Waals surface area (Å²) in [5.74, 6) is 0.645. The minimum Gasteiger partial charge on any atom is -0.333 e. The van der Waals surface area contributed by atoms with Crippen LogP contribution in [0.4, 0.5) is 10.6 Å². The van der Waals surface area contributed by atoms with Gasteiger partial charge in [0.1, 0.15) is 0 Å². The largest absolute Gasteiger partial charge is 0.333 e. The number of urea groups is 1. The number of nitrogens with zero attached hydrogens (tertiary/aromatic N) is 2. The molecule has 2 aromatic rings. The van der Waals surface area contributed by atoms with E-state index < -0.39 is 0 Å².